The van der Waals surface area contributed by atoms with E-state index in [-0.39, 0.29) is 29.2 Å². The molecule has 2 amide bonds. The molecule has 0 radical (unpaired) electrons. The number of hydrogen-bond acceptors (Lipinski definition) is 5. The number of thioether (sulfide) groups is 1. The molecular formula is C12H12N2O4S. The zero-order valence-corrected chi connectivity index (χ0v) is 11.1. The van der Waals surface area contributed by atoms with Crippen molar-refractivity contribution in [2.24, 2.45) is 0 Å². The molecule has 1 aromatic carbocycles. The van der Waals surface area contributed by atoms with Crippen molar-refractivity contribution >= 4 is 35.0 Å². The topological polar surface area (TPSA) is 80.5 Å². The van der Waals surface area contributed by atoms with Gasteiger partial charge >= 0.3 is 0 Å². The van der Waals surface area contributed by atoms with Crippen molar-refractivity contribution in [3.63, 3.8) is 0 Å². The summed E-state index contributed by atoms with van der Waals surface area (Å²) in [4.78, 5) is 35.1. The summed E-state index contributed by atoms with van der Waals surface area (Å²) in [6.07, 6.45) is 0.189. The molecule has 0 saturated carbocycles. The quantitative estimate of drug-likeness (QED) is 0.478. The first-order chi connectivity index (χ1) is 9.04. The Morgan fingerprint density at radius 3 is 2.53 bits per heavy atom. The maximum Gasteiger partial charge on any atom is 0.269 e. The molecule has 6 nitrogen and oxygen atoms in total. The molecule has 0 aliphatic carbocycles. The van der Waals surface area contributed by atoms with Crippen molar-refractivity contribution in [3.05, 3.63) is 34.4 Å². The standard InChI is InChI=1S/C12H12N2O4S/c1-2-19-10-7-11(15)13(12(10)16)8-3-5-9(6-4-8)14(17)18/h3-6,10H,2,7H2,1H3. The highest BCUT2D eigenvalue weighted by Crippen LogP contribution is 2.30. The zero-order chi connectivity index (χ0) is 14.0. The Balaban J connectivity index is 2.24. The van der Waals surface area contributed by atoms with Crippen LogP contribution >= 0.6 is 11.8 Å². The summed E-state index contributed by atoms with van der Waals surface area (Å²) < 4.78 is 0. The molecule has 1 aliphatic heterocycles. The van der Waals surface area contributed by atoms with Gasteiger partial charge in [-0.05, 0) is 17.9 Å². The number of carbonyl (C=O) groups is 2. The number of benzene rings is 1. The maximum atomic E-state index is 12.1. The second-order valence-corrected chi connectivity index (χ2v) is 5.47. The number of nitrogens with zero attached hydrogens (tertiary/aromatic N) is 2. The van der Waals surface area contributed by atoms with Gasteiger partial charge in [0.15, 0.2) is 0 Å². The third kappa shape index (κ3) is 2.60. The average Bonchev–Trinajstić information content (AvgIpc) is 2.65. The summed E-state index contributed by atoms with van der Waals surface area (Å²) >= 11 is 1.44. The predicted molar refractivity (Wildman–Crippen MR) is 72.1 cm³/mol. The smallest absolute Gasteiger partial charge is 0.269 e. The van der Waals surface area contributed by atoms with Crippen molar-refractivity contribution in [2.45, 2.75) is 18.6 Å². The van der Waals surface area contributed by atoms with Gasteiger partial charge in [0.1, 0.15) is 0 Å². The predicted octanol–water partition coefficient (Wildman–Crippen LogP) is 1.98. The van der Waals surface area contributed by atoms with Crippen LogP contribution in [0.25, 0.3) is 0 Å². The van der Waals surface area contributed by atoms with Crippen molar-refractivity contribution in [1.82, 2.24) is 0 Å². The number of carbonyl (C=O) groups excluding carboxylic acids is 2. The van der Waals surface area contributed by atoms with Crippen LogP contribution in [0.15, 0.2) is 24.3 Å². The van der Waals surface area contributed by atoms with Crippen LogP contribution in [-0.2, 0) is 9.59 Å². The van der Waals surface area contributed by atoms with Gasteiger partial charge in [-0.3, -0.25) is 19.7 Å². The summed E-state index contributed by atoms with van der Waals surface area (Å²) in [6.45, 7) is 1.93. The van der Waals surface area contributed by atoms with Gasteiger partial charge in [-0.1, -0.05) is 6.92 Å². The van der Waals surface area contributed by atoms with E-state index in [9.17, 15) is 19.7 Å². The Kier molecular flexibility index (Phi) is 3.84. The molecule has 1 saturated heterocycles. The van der Waals surface area contributed by atoms with Gasteiger partial charge in [0.05, 0.1) is 15.9 Å². The molecule has 1 aliphatic rings. The third-order valence-electron chi connectivity index (χ3n) is 2.79. The van der Waals surface area contributed by atoms with E-state index in [1.165, 1.54) is 36.0 Å². The largest absolute Gasteiger partial charge is 0.274 e. The first kappa shape index (κ1) is 13.5. The van der Waals surface area contributed by atoms with Crippen LogP contribution in [-0.4, -0.2) is 27.7 Å². The minimum absolute atomic E-state index is 0.0673. The molecule has 100 valence electrons. The fourth-order valence-corrected chi connectivity index (χ4v) is 2.84. The van der Waals surface area contributed by atoms with Gasteiger partial charge in [-0.25, -0.2) is 4.90 Å². The summed E-state index contributed by atoms with van der Waals surface area (Å²) in [5.74, 6) is 0.258. The molecule has 19 heavy (non-hydrogen) atoms. The minimum atomic E-state index is -0.521. The second-order valence-electron chi connectivity index (χ2n) is 3.99. The lowest BCUT2D eigenvalue weighted by molar-refractivity contribution is -0.384. The Labute approximate surface area is 113 Å². The van der Waals surface area contributed by atoms with E-state index in [0.29, 0.717) is 5.69 Å². The van der Waals surface area contributed by atoms with Gasteiger partial charge in [-0.15, -0.1) is 11.8 Å². The molecular weight excluding hydrogens is 268 g/mol. The van der Waals surface area contributed by atoms with Crippen molar-refractivity contribution < 1.29 is 14.5 Å². The molecule has 2 rings (SSSR count). The lowest BCUT2D eigenvalue weighted by Crippen LogP contribution is -2.31. The molecule has 0 aromatic heterocycles. The average molecular weight is 280 g/mol. The van der Waals surface area contributed by atoms with Gasteiger partial charge in [0.2, 0.25) is 11.8 Å². The van der Waals surface area contributed by atoms with Crippen LogP contribution in [0.5, 0.6) is 0 Å². The van der Waals surface area contributed by atoms with Crippen molar-refractivity contribution in [3.8, 4) is 0 Å². The number of nitro benzene ring substituents is 1. The van der Waals surface area contributed by atoms with Crippen LogP contribution in [0.1, 0.15) is 13.3 Å². The Bertz CT molecular complexity index is 529. The Morgan fingerprint density at radius 2 is 2.00 bits per heavy atom. The normalized spacial score (nSPS) is 19.0. The number of imide groups is 1. The van der Waals surface area contributed by atoms with Gasteiger partial charge < -0.3 is 0 Å². The molecule has 7 heteroatoms. The van der Waals surface area contributed by atoms with E-state index in [0.717, 1.165) is 10.7 Å². The minimum Gasteiger partial charge on any atom is -0.274 e. The third-order valence-corrected chi connectivity index (χ3v) is 3.90. The molecule has 1 fully saturated rings. The van der Waals surface area contributed by atoms with Crippen LogP contribution < -0.4 is 4.90 Å². The van der Waals surface area contributed by atoms with E-state index in [2.05, 4.69) is 0 Å². The van der Waals surface area contributed by atoms with Crippen molar-refractivity contribution in [1.29, 1.82) is 0 Å². The van der Waals surface area contributed by atoms with Gasteiger partial charge in [-0.2, -0.15) is 0 Å². The molecule has 0 N–H and O–H groups in total. The molecule has 1 heterocycles. The number of hydrogen-bond donors (Lipinski definition) is 0. The summed E-state index contributed by atoms with van der Waals surface area (Å²) in [7, 11) is 0. The first-order valence-electron chi connectivity index (χ1n) is 5.77. The highest BCUT2D eigenvalue weighted by molar-refractivity contribution is 8.00. The summed E-state index contributed by atoms with van der Waals surface area (Å²) in [5, 5.41) is 10.2. The summed E-state index contributed by atoms with van der Waals surface area (Å²) in [5.41, 5.74) is 0.321. The van der Waals surface area contributed by atoms with E-state index in [1.807, 2.05) is 6.92 Å². The number of anilines is 1. The van der Waals surface area contributed by atoms with E-state index in [4.69, 9.17) is 0 Å². The lowest BCUT2D eigenvalue weighted by atomic mass is 10.2. The van der Waals surface area contributed by atoms with Crippen LogP contribution in [0.3, 0.4) is 0 Å². The number of non-ortho nitro benzene ring substituents is 1. The van der Waals surface area contributed by atoms with Crippen molar-refractivity contribution in [2.75, 3.05) is 10.7 Å². The van der Waals surface area contributed by atoms with Crippen LogP contribution in [0, 0.1) is 10.1 Å². The number of nitro groups is 1. The second kappa shape index (κ2) is 5.40. The van der Waals surface area contributed by atoms with E-state index < -0.39 is 4.92 Å². The van der Waals surface area contributed by atoms with Gasteiger partial charge in [0, 0.05) is 18.6 Å². The monoisotopic (exact) mass is 280 g/mol. The fraction of sp³-hybridized carbons (Fsp3) is 0.333. The molecule has 0 spiro atoms. The SMILES string of the molecule is CCSC1CC(=O)N(c2ccc([N+](=O)[O-])cc2)C1=O. The number of rotatable bonds is 4. The first-order valence-corrected chi connectivity index (χ1v) is 6.82. The Morgan fingerprint density at radius 1 is 1.37 bits per heavy atom. The molecule has 0 bridgehead atoms. The molecule has 1 unspecified atom stereocenters. The highest BCUT2D eigenvalue weighted by atomic mass is 32.2. The molecule has 1 aromatic rings. The van der Waals surface area contributed by atoms with Gasteiger partial charge in [0.25, 0.3) is 5.69 Å². The zero-order valence-electron chi connectivity index (χ0n) is 10.2. The Hall–Kier alpha value is -1.89. The van der Waals surface area contributed by atoms with Crippen LogP contribution in [0.4, 0.5) is 11.4 Å². The lowest BCUT2D eigenvalue weighted by Gasteiger charge is -2.14. The van der Waals surface area contributed by atoms with E-state index in [1.54, 1.807) is 0 Å². The fourth-order valence-electron chi connectivity index (χ4n) is 1.93. The number of amides is 2. The highest BCUT2D eigenvalue weighted by Gasteiger charge is 2.39. The summed E-state index contributed by atoms with van der Waals surface area (Å²) in [6, 6.07) is 5.42. The van der Waals surface area contributed by atoms with Crippen LogP contribution in [0.2, 0.25) is 0 Å². The molecule has 1 atom stereocenters. The maximum absolute atomic E-state index is 12.1. The van der Waals surface area contributed by atoms with E-state index >= 15 is 0 Å².